The highest BCUT2D eigenvalue weighted by atomic mass is 32.2. The smallest absolute Gasteiger partial charge is 0.175 e. The van der Waals surface area contributed by atoms with Crippen molar-refractivity contribution in [2.75, 3.05) is 12.8 Å². The van der Waals surface area contributed by atoms with E-state index < -0.39 is 9.84 Å². The molecule has 4 nitrogen and oxygen atoms in total. The highest BCUT2D eigenvalue weighted by Crippen LogP contribution is 2.16. The summed E-state index contributed by atoms with van der Waals surface area (Å²) in [6.45, 7) is 4.71. The molecule has 6 heteroatoms. The van der Waals surface area contributed by atoms with Crippen LogP contribution < -0.4 is 10.6 Å². The van der Waals surface area contributed by atoms with Crippen LogP contribution in [0, 0.1) is 0 Å². The Kier molecular flexibility index (Phi) is 5.10. The van der Waals surface area contributed by atoms with Gasteiger partial charge in [-0.05, 0) is 43.8 Å². The third kappa shape index (κ3) is 4.27. The summed E-state index contributed by atoms with van der Waals surface area (Å²) in [5.41, 5.74) is 0.989. The van der Waals surface area contributed by atoms with Crippen molar-refractivity contribution in [3.8, 4) is 0 Å². The molecule has 1 aromatic carbocycles. The molecule has 0 aromatic heterocycles. The minimum Gasteiger partial charge on any atom is -0.363 e. The fraction of sp³-hybridized carbons (Fsp3) is 0.417. The molecule has 0 bridgehead atoms. The van der Waals surface area contributed by atoms with E-state index in [-0.39, 0.29) is 6.04 Å². The molecular formula is C12H18N2O2S2. The third-order valence-corrected chi connectivity index (χ3v) is 3.88. The number of sulfone groups is 1. The maximum absolute atomic E-state index is 11.3. The molecule has 0 fully saturated rings. The van der Waals surface area contributed by atoms with Gasteiger partial charge in [-0.15, -0.1) is 0 Å². The highest BCUT2D eigenvalue weighted by Gasteiger charge is 2.09. The van der Waals surface area contributed by atoms with Crippen molar-refractivity contribution in [2.45, 2.75) is 24.8 Å². The van der Waals surface area contributed by atoms with Gasteiger partial charge in [-0.25, -0.2) is 8.42 Å². The molecule has 0 amide bonds. The number of thiocarbonyl (C=S) groups is 1. The first kappa shape index (κ1) is 14.9. The van der Waals surface area contributed by atoms with Gasteiger partial charge in [0, 0.05) is 12.8 Å². The number of hydrogen-bond acceptors (Lipinski definition) is 3. The van der Waals surface area contributed by atoms with E-state index in [1.807, 2.05) is 13.8 Å². The lowest BCUT2D eigenvalue weighted by atomic mass is 10.1. The van der Waals surface area contributed by atoms with E-state index in [0.717, 1.165) is 12.1 Å². The molecule has 0 spiro atoms. The predicted molar refractivity (Wildman–Crippen MR) is 77.4 cm³/mol. The molecule has 0 aliphatic carbocycles. The van der Waals surface area contributed by atoms with Gasteiger partial charge in [0.2, 0.25) is 0 Å². The summed E-state index contributed by atoms with van der Waals surface area (Å²) in [7, 11) is -3.14. The molecule has 0 saturated heterocycles. The van der Waals surface area contributed by atoms with E-state index in [1.165, 1.54) is 6.26 Å². The number of benzene rings is 1. The second-order valence-electron chi connectivity index (χ2n) is 4.07. The van der Waals surface area contributed by atoms with Crippen LogP contribution in [-0.4, -0.2) is 26.3 Å². The van der Waals surface area contributed by atoms with Crippen molar-refractivity contribution in [3.63, 3.8) is 0 Å². The summed E-state index contributed by atoms with van der Waals surface area (Å²) in [6.07, 6.45) is 1.20. The minimum atomic E-state index is -3.14. The van der Waals surface area contributed by atoms with Crippen LogP contribution in [-0.2, 0) is 9.84 Å². The lowest BCUT2D eigenvalue weighted by molar-refractivity contribution is 0.601. The van der Waals surface area contributed by atoms with Gasteiger partial charge in [-0.3, -0.25) is 0 Å². The van der Waals surface area contributed by atoms with Crippen LogP contribution in [0.4, 0.5) is 0 Å². The molecule has 1 atom stereocenters. The molecule has 0 saturated carbocycles. The first-order valence-electron chi connectivity index (χ1n) is 5.69. The van der Waals surface area contributed by atoms with Crippen molar-refractivity contribution >= 4 is 27.2 Å². The molecule has 0 aliphatic heterocycles. The first-order chi connectivity index (χ1) is 8.34. The molecule has 1 aromatic rings. The second kappa shape index (κ2) is 6.15. The van der Waals surface area contributed by atoms with Crippen molar-refractivity contribution in [1.82, 2.24) is 10.6 Å². The molecule has 0 radical (unpaired) electrons. The number of hydrogen-bond donors (Lipinski definition) is 2. The van der Waals surface area contributed by atoms with Gasteiger partial charge in [0.15, 0.2) is 14.9 Å². The Morgan fingerprint density at radius 1 is 1.33 bits per heavy atom. The SMILES string of the molecule is CCNC(=S)N[C@H](C)c1ccc(S(C)(=O)=O)cc1. The van der Waals surface area contributed by atoms with Crippen molar-refractivity contribution in [2.24, 2.45) is 0 Å². The largest absolute Gasteiger partial charge is 0.363 e. The van der Waals surface area contributed by atoms with E-state index in [1.54, 1.807) is 24.3 Å². The van der Waals surface area contributed by atoms with E-state index in [0.29, 0.717) is 10.0 Å². The molecular weight excluding hydrogens is 268 g/mol. The summed E-state index contributed by atoms with van der Waals surface area (Å²) in [4.78, 5) is 0.327. The average molecular weight is 286 g/mol. The maximum Gasteiger partial charge on any atom is 0.175 e. The van der Waals surface area contributed by atoms with Crippen LogP contribution in [0.1, 0.15) is 25.5 Å². The lowest BCUT2D eigenvalue weighted by Gasteiger charge is -2.17. The van der Waals surface area contributed by atoms with Gasteiger partial charge >= 0.3 is 0 Å². The maximum atomic E-state index is 11.3. The number of nitrogens with one attached hydrogen (secondary N) is 2. The molecule has 100 valence electrons. The Morgan fingerprint density at radius 2 is 1.89 bits per heavy atom. The summed E-state index contributed by atoms with van der Waals surface area (Å²) in [5, 5.41) is 6.73. The lowest BCUT2D eigenvalue weighted by Crippen LogP contribution is -2.36. The Balaban J connectivity index is 2.76. The van der Waals surface area contributed by atoms with E-state index in [4.69, 9.17) is 12.2 Å². The molecule has 0 unspecified atom stereocenters. The molecule has 0 aliphatic rings. The summed E-state index contributed by atoms with van der Waals surface area (Å²) in [6, 6.07) is 6.84. The number of rotatable bonds is 4. The molecule has 1 rings (SSSR count). The van der Waals surface area contributed by atoms with Crippen LogP contribution in [0.2, 0.25) is 0 Å². The van der Waals surface area contributed by atoms with Crippen LogP contribution in [0.15, 0.2) is 29.2 Å². The van der Waals surface area contributed by atoms with Gasteiger partial charge in [0.1, 0.15) is 0 Å². The Hall–Kier alpha value is -1.14. The van der Waals surface area contributed by atoms with Gasteiger partial charge in [-0.2, -0.15) is 0 Å². The molecule has 0 heterocycles. The summed E-state index contributed by atoms with van der Waals surface area (Å²) >= 11 is 5.10. The van der Waals surface area contributed by atoms with Gasteiger partial charge in [0.05, 0.1) is 10.9 Å². The van der Waals surface area contributed by atoms with Crippen LogP contribution in [0.5, 0.6) is 0 Å². The fourth-order valence-electron chi connectivity index (χ4n) is 1.50. The zero-order valence-electron chi connectivity index (χ0n) is 10.7. The third-order valence-electron chi connectivity index (χ3n) is 2.49. The topological polar surface area (TPSA) is 58.2 Å². The minimum absolute atomic E-state index is 0.0326. The Bertz CT molecular complexity index is 509. The zero-order chi connectivity index (χ0) is 13.8. The van der Waals surface area contributed by atoms with Crippen molar-refractivity contribution in [3.05, 3.63) is 29.8 Å². The van der Waals surface area contributed by atoms with E-state index in [2.05, 4.69) is 10.6 Å². The molecule has 18 heavy (non-hydrogen) atoms. The van der Waals surface area contributed by atoms with Crippen LogP contribution in [0.25, 0.3) is 0 Å². The normalized spacial score (nSPS) is 12.8. The van der Waals surface area contributed by atoms with Crippen molar-refractivity contribution < 1.29 is 8.42 Å². The van der Waals surface area contributed by atoms with Gasteiger partial charge < -0.3 is 10.6 Å². The summed E-state index contributed by atoms with van der Waals surface area (Å²) in [5.74, 6) is 0. The van der Waals surface area contributed by atoms with E-state index in [9.17, 15) is 8.42 Å². The summed E-state index contributed by atoms with van der Waals surface area (Å²) < 4.78 is 22.7. The van der Waals surface area contributed by atoms with Crippen molar-refractivity contribution in [1.29, 1.82) is 0 Å². The Morgan fingerprint density at radius 3 is 2.33 bits per heavy atom. The van der Waals surface area contributed by atoms with E-state index >= 15 is 0 Å². The predicted octanol–water partition coefficient (Wildman–Crippen LogP) is 1.64. The van der Waals surface area contributed by atoms with Gasteiger partial charge in [-0.1, -0.05) is 12.1 Å². The monoisotopic (exact) mass is 286 g/mol. The zero-order valence-corrected chi connectivity index (χ0v) is 12.4. The highest BCUT2D eigenvalue weighted by molar-refractivity contribution is 7.90. The average Bonchev–Trinajstić information content (AvgIpc) is 2.28. The van der Waals surface area contributed by atoms with Crippen LogP contribution in [0.3, 0.4) is 0 Å². The fourth-order valence-corrected chi connectivity index (χ4v) is 2.45. The van der Waals surface area contributed by atoms with Crippen LogP contribution >= 0.6 is 12.2 Å². The van der Waals surface area contributed by atoms with Gasteiger partial charge in [0.25, 0.3) is 0 Å². The Labute approximate surface area is 114 Å². The second-order valence-corrected chi connectivity index (χ2v) is 6.49. The standard InChI is InChI=1S/C12H18N2O2S2/c1-4-13-12(17)14-9(2)10-5-7-11(8-6-10)18(3,15)16/h5-9H,4H2,1-3H3,(H2,13,14,17)/t9-/m1/s1. The first-order valence-corrected chi connectivity index (χ1v) is 7.99. The quantitative estimate of drug-likeness (QED) is 0.824. The molecule has 2 N–H and O–H groups in total.